The highest BCUT2D eigenvalue weighted by Crippen LogP contribution is 2.37. The average Bonchev–Trinajstić information content (AvgIpc) is 3.02. The lowest BCUT2D eigenvalue weighted by atomic mass is 10.1. The van der Waals surface area contributed by atoms with E-state index in [4.69, 9.17) is 30.5 Å². The Hall–Kier alpha value is -4.45. The van der Waals surface area contributed by atoms with Gasteiger partial charge in [0, 0.05) is 48.0 Å². The Labute approximate surface area is 253 Å². The van der Waals surface area contributed by atoms with Gasteiger partial charge in [0.2, 0.25) is 0 Å². The van der Waals surface area contributed by atoms with Gasteiger partial charge in [-0.1, -0.05) is 11.6 Å². The number of morpholine rings is 1. The van der Waals surface area contributed by atoms with Crippen LogP contribution in [0.2, 0.25) is 5.02 Å². The van der Waals surface area contributed by atoms with E-state index in [2.05, 4.69) is 25.7 Å². The van der Waals surface area contributed by atoms with Gasteiger partial charge in [-0.2, -0.15) is 5.10 Å². The highest BCUT2D eigenvalue weighted by atomic mass is 35.5. The number of anilines is 1. The molecule has 1 aliphatic rings. The largest absolute Gasteiger partial charge is 0.493 e. The first-order valence-electron chi connectivity index (χ1n) is 13.7. The zero-order valence-electron chi connectivity index (χ0n) is 23.5. The molecular formula is C31H31ClFN5O5. The SMILES string of the molecule is COc1cc2c(Oc3ccc(/C=N/NC(=O)Nc4ccc(Cl)cc4)cc3F)ccnc2cc1OCCCN1CCOCC1. The predicted molar refractivity (Wildman–Crippen MR) is 163 cm³/mol. The zero-order chi connectivity index (χ0) is 30.0. The van der Waals surface area contributed by atoms with Crippen molar-refractivity contribution in [2.24, 2.45) is 5.10 Å². The number of carbonyl (C=O) groups is 1. The van der Waals surface area contributed by atoms with E-state index in [-0.39, 0.29) is 5.75 Å². The van der Waals surface area contributed by atoms with E-state index in [1.807, 2.05) is 0 Å². The predicted octanol–water partition coefficient (Wildman–Crippen LogP) is 6.08. The number of amides is 2. The van der Waals surface area contributed by atoms with Gasteiger partial charge in [-0.25, -0.2) is 14.6 Å². The van der Waals surface area contributed by atoms with Gasteiger partial charge in [0.25, 0.3) is 0 Å². The fraction of sp³-hybridized carbons (Fsp3) is 0.258. The molecule has 1 aliphatic heterocycles. The summed E-state index contributed by atoms with van der Waals surface area (Å²) in [5, 5.41) is 7.67. The van der Waals surface area contributed by atoms with Gasteiger partial charge in [-0.15, -0.1) is 0 Å². The normalized spacial score (nSPS) is 13.7. The molecule has 4 aromatic rings. The number of rotatable bonds is 11. The molecule has 3 aromatic carbocycles. The number of hydrogen-bond acceptors (Lipinski definition) is 8. The Bertz CT molecular complexity index is 1580. The van der Waals surface area contributed by atoms with E-state index in [1.54, 1.807) is 61.8 Å². The summed E-state index contributed by atoms with van der Waals surface area (Å²) < 4.78 is 37.9. The Morgan fingerprint density at radius 2 is 1.88 bits per heavy atom. The fourth-order valence-corrected chi connectivity index (χ4v) is 4.57. The maximum atomic E-state index is 15.0. The molecule has 2 N–H and O–H groups in total. The number of urea groups is 1. The number of benzene rings is 3. The molecular weight excluding hydrogens is 577 g/mol. The van der Waals surface area contributed by atoms with Crippen LogP contribution in [0.5, 0.6) is 23.0 Å². The molecule has 1 fully saturated rings. The molecule has 5 rings (SSSR count). The third-order valence-electron chi connectivity index (χ3n) is 6.62. The maximum Gasteiger partial charge on any atom is 0.339 e. The quantitative estimate of drug-likeness (QED) is 0.121. The highest BCUT2D eigenvalue weighted by molar-refractivity contribution is 6.30. The van der Waals surface area contributed by atoms with Gasteiger partial charge in [-0.05, 0) is 66.6 Å². The zero-order valence-corrected chi connectivity index (χ0v) is 24.3. The molecule has 43 heavy (non-hydrogen) atoms. The van der Waals surface area contributed by atoms with Gasteiger partial charge < -0.3 is 24.3 Å². The average molecular weight is 608 g/mol. The molecule has 0 atom stereocenters. The topological polar surface area (TPSA) is 107 Å². The van der Waals surface area contributed by atoms with Crippen molar-refractivity contribution in [1.82, 2.24) is 15.3 Å². The minimum absolute atomic E-state index is 0.0143. The van der Waals surface area contributed by atoms with Crippen molar-refractivity contribution in [1.29, 1.82) is 0 Å². The summed E-state index contributed by atoms with van der Waals surface area (Å²) in [5.74, 6) is 0.915. The molecule has 224 valence electrons. The number of nitrogens with one attached hydrogen (secondary N) is 2. The molecule has 0 saturated carbocycles. The van der Waals surface area contributed by atoms with E-state index in [0.29, 0.717) is 51.0 Å². The number of fused-ring (bicyclic) bond motifs is 1. The number of hydrogen-bond donors (Lipinski definition) is 2. The van der Waals surface area contributed by atoms with E-state index >= 15 is 0 Å². The van der Waals surface area contributed by atoms with Crippen LogP contribution >= 0.6 is 11.6 Å². The van der Waals surface area contributed by atoms with Gasteiger partial charge in [-0.3, -0.25) is 9.88 Å². The van der Waals surface area contributed by atoms with Gasteiger partial charge in [0.05, 0.1) is 38.7 Å². The van der Waals surface area contributed by atoms with Gasteiger partial charge in [0.1, 0.15) is 5.75 Å². The van der Waals surface area contributed by atoms with Crippen LogP contribution in [0.1, 0.15) is 12.0 Å². The van der Waals surface area contributed by atoms with E-state index in [9.17, 15) is 9.18 Å². The monoisotopic (exact) mass is 607 g/mol. The second-order valence-electron chi connectivity index (χ2n) is 9.61. The molecule has 1 saturated heterocycles. The summed E-state index contributed by atoms with van der Waals surface area (Å²) in [7, 11) is 1.56. The van der Waals surface area contributed by atoms with Crippen molar-refractivity contribution in [3.05, 3.63) is 83.3 Å². The third kappa shape index (κ3) is 8.31. The van der Waals surface area contributed by atoms with Gasteiger partial charge >= 0.3 is 6.03 Å². The number of ether oxygens (including phenoxy) is 4. The summed E-state index contributed by atoms with van der Waals surface area (Å²) in [5.41, 5.74) is 3.93. The minimum atomic E-state index is -0.605. The van der Waals surface area contributed by atoms with Crippen LogP contribution < -0.4 is 25.0 Å². The number of carbonyl (C=O) groups excluding carboxylic acids is 1. The summed E-state index contributed by atoms with van der Waals surface area (Å²) in [6.07, 6.45) is 3.78. The Morgan fingerprint density at radius 1 is 1.07 bits per heavy atom. The van der Waals surface area contributed by atoms with Crippen molar-refractivity contribution >= 4 is 40.4 Å². The first-order valence-corrected chi connectivity index (χ1v) is 14.1. The Morgan fingerprint density at radius 3 is 2.65 bits per heavy atom. The van der Waals surface area contributed by atoms with E-state index < -0.39 is 11.8 Å². The van der Waals surface area contributed by atoms with Crippen LogP contribution in [0.15, 0.2) is 72.0 Å². The van der Waals surface area contributed by atoms with Crippen molar-refractivity contribution in [2.45, 2.75) is 6.42 Å². The lowest BCUT2D eigenvalue weighted by Crippen LogP contribution is -2.37. The fourth-order valence-electron chi connectivity index (χ4n) is 4.44. The van der Waals surface area contributed by atoms with E-state index in [1.165, 1.54) is 18.3 Å². The summed E-state index contributed by atoms with van der Waals surface area (Å²) in [6.45, 7) is 4.86. The van der Waals surface area contributed by atoms with Crippen LogP contribution in [0.25, 0.3) is 10.9 Å². The lowest BCUT2D eigenvalue weighted by molar-refractivity contribution is 0.0357. The molecule has 1 aromatic heterocycles. The second-order valence-corrected chi connectivity index (χ2v) is 10.0. The first kappa shape index (κ1) is 30.0. The number of pyridine rings is 1. The van der Waals surface area contributed by atoms with Crippen molar-refractivity contribution in [2.75, 3.05) is 51.9 Å². The maximum absolute atomic E-state index is 15.0. The van der Waals surface area contributed by atoms with Gasteiger partial charge in [0.15, 0.2) is 23.1 Å². The third-order valence-corrected chi connectivity index (χ3v) is 6.88. The van der Waals surface area contributed by atoms with Crippen LogP contribution in [0.3, 0.4) is 0 Å². The van der Waals surface area contributed by atoms with Crippen molar-refractivity contribution < 1.29 is 28.1 Å². The number of aromatic nitrogens is 1. The van der Waals surface area contributed by atoms with Crippen molar-refractivity contribution in [3.63, 3.8) is 0 Å². The molecule has 0 bridgehead atoms. The van der Waals surface area contributed by atoms with Crippen molar-refractivity contribution in [3.8, 4) is 23.0 Å². The molecule has 2 heterocycles. The van der Waals surface area contributed by atoms with Crippen LogP contribution in [-0.2, 0) is 4.74 Å². The molecule has 0 aliphatic carbocycles. The second kappa shape index (κ2) is 14.6. The van der Waals surface area contributed by atoms with Crippen LogP contribution in [0, 0.1) is 5.82 Å². The number of halogens is 2. The first-order chi connectivity index (χ1) is 21.0. The Kier molecular flexibility index (Phi) is 10.2. The molecule has 0 radical (unpaired) electrons. The number of nitrogens with zero attached hydrogens (tertiary/aromatic N) is 3. The molecule has 0 spiro atoms. The van der Waals surface area contributed by atoms with Crippen LogP contribution in [-0.4, -0.2) is 68.7 Å². The van der Waals surface area contributed by atoms with E-state index in [0.717, 1.165) is 39.3 Å². The summed E-state index contributed by atoms with van der Waals surface area (Å²) >= 11 is 5.84. The number of hydrazone groups is 1. The molecule has 12 heteroatoms. The summed E-state index contributed by atoms with van der Waals surface area (Å²) in [6, 6.07) is 15.6. The Balaban J connectivity index is 1.20. The number of methoxy groups -OCH3 is 1. The van der Waals surface area contributed by atoms with Crippen LogP contribution in [0.4, 0.5) is 14.9 Å². The smallest absolute Gasteiger partial charge is 0.339 e. The molecule has 10 nitrogen and oxygen atoms in total. The standard InChI is InChI=1S/C31H31ClFN5O5/c1-40-29-18-24-26(19-30(29)42-14-2-11-38-12-15-41-16-13-38)34-10-9-27(24)43-28-8-3-21(17-25(28)33)20-35-37-31(39)36-23-6-4-22(32)5-7-23/h3-10,17-20H,2,11-16H2,1H3,(H2,36,37,39)/b35-20+. The lowest BCUT2D eigenvalue weighted by Gasteiger charge is -2.26. The molecule has 0 unspecified atom stereocenters. The molecule has 2 amide bonds. The highest BCUT2D eigenvalue weighted by Gasteiger charge is 2.15. The summed E-state index contributed by atoms with van der Waals surface area (Å²) in [4.78, 5) is 18.8. The minimum Gasteiger partial charge on any atom is -0.493 e.